The minimum atomic E-state index is 0.0525. The molecule has 0 aliphatic rings. The Kier molecular flexibility index (Phi) is 5.59. The van der Waals surface area contributed by atoms with E-state index in [4.69, 9.17) is 0 Å². The summed E-state index contributed by atoms with van der Waals surface area (Å²) < 4.78 is 0. The number of carbonyl (C=O) groups excluding carboxylic acids is 1. The Hall–Kier alpha value is -2.29. The molecular weight excluding hydrogens is 272 g/mol. The van der Waals surface area contributed by atoms with Crippen LogP contribution in [0.3, 0.4) is 0 Å². The van der Waals surface area contributed by atoms with Gasteiger partial charge in [-0.25, -0.2) is 0 Å². The molecule has 2 aromatic carbocycles. The van der Waals surface area contributed by atoms with E-state index in [1.54, 1.807) is 0 Å². The van der Waals surface area contributed by atoms with E-state index in [0.717, 1.165) is 24.3 Å². The van der Waals surface area contributed by atoms with E-state index in [9.17, 15) is 4.79 Å². The van der Waals surface area contributed by atoms with E-state index in [1.165, 1.54) is 11.3 Å². The maximum atomic E-state index is 12.1. The highest BCUT2D eigenvalue weighted by Crippen LogP contribution is 2.16. The average Bonchev–Trinajstić information content (AvgIpc) is 2.48. The van der Waals surface area contributed by atoms with E-state index >= 15 is 0 Å². The topological polar surface area (TPSA) is 32.3 Å². The van der Waals surface area contributed by atoms with Gasteiger partial charge in [-0.3, -0.25) is 4.79 Å². The summed E-state index contributed by atoms with van der Waals surface area (Å²) in [5.74, 6) is 0.0525. The van der Waals surface area contributed by atoms with Crippen LogP contribution in [0.4, 0.5) is 11.4 Å². The van der Waals surface area contributed by atoms with Crippen molar-refractivity contribution in [3.63, 3.8) is 0 Å². The van der Waals surface area contributed by atoms with Gasteiger partial charge in [0, 0.05) is 30.9 Å². The molecule has 2 aromatic rings. The molecule has 0 unspecified atom stereocenters. The van der Waals surface area contributed by atoms with Crippen molar-refractivity contribution in [3.05, 3.63) is 59.7 Å². The number of benzene rings is 2. The fourth-order valence-corrected chi connectivity index (χ4v) is 2.48. The molecule has 22 heavy (non-hydrogen) atoms. The molecule has 0 saturated heterocycles. The van der Waals surface area contributed by atoms with Crippen LogP contribution in [0.1, 0.15) is 24.5 Å². The maximum Gasteiger partial charge on any atom is 0.226 e. The third-order valence-corrected chi connectivity index (χ3v) is 3.66. The Morgan fingerprint density at radius 3 is 2.36 bits per heavy atom. The molecule has 1 amide bonds. The molecule has 3 heteroatoms. The number of aryl methyl sites for hydroxylation is 2. The molecule has 0 saturated carbocycles. The first-order valence-corrected chi connectivity index (χ1v) is 7.76. The van der Waals surface area contributed by atoms with Gasteiger partial charge in [0.25, 0.3) is 0 Å². The molecule has 1 N–H and O–H groups in total. The quantitative estimate of drug-likeness (QED) is 0.868. The van der Waals surface area contributed by atoms with Gasteiger partial charge in [0.15, 0.2) is 0 Å². The summed E-state index contributed by atoms with van der Waals surface area (Å²) in [5.41, 5.74) is 4.42. The number of hydrogen-bond donors (Lipinski definition) is 1. The molecule has 0 aliphatic carbocycles. The fourth-order valence-electron chi connectivity index (χ4n) is 2.48. The van der Waals surface area contributed by atoms with Crippen molar-refractivity contribution in [3.8, 4) is 0 Å². The second kappa shape index (κ2) is 7.64. The van der Waals surface area contributed by atoms with Crippen molar-refractivity contribution in [2.75, 3.05) is 23.3 Å². The van der Waals surface area contributed by atoms with Crippen LogP contribution < -0.4 is 10.2 Å². The number of rotatable bonds is 6. The number of amides is 1. The minimum Gasteiger partial charge on any atom is -0.371 e. The summed E-state index contributed by atoms with van der Waals surface area (Å²) in [6.45, 7) is 7.83. The van der Waals surface area contributed by atoms with Crippen LogP contribution in [0.15, 0.2) is 48.5 Å². The Labute approximate surface area is 133 Å². The van der Waals surface area contributed by atoms with Crippen molar-refractivity contribution in [2.24, 2.45) is 0 Å². The highest BCUT2D eigenvalue weighted by Gasteiger charge is 2.08. The van der Waals surface area contributed by atoms with Crippen LogP contribution in [0.2, 0.25) is 0 Å². The van der Waals surface area contributed by atoms with Gasteiger partial charge in [-0.1, -0.05) is 24.3 Å². The molecule has 0 fully saturated rings. The first kappa shape index (κ1) is 16.1. The van der Waals surface area contributed by atoms with Crippen LogP contribution >= 0.6 is 0 Å². The van der Waals surface area contributed by atoms with Gasteiger partial charge >= 0.3 is 0 Å². The Balaban J connectivity index is 1.91. The predicted molar refractivity (Wildman–Crippen MR) is 93.5 cm³/mol. The lowest BCUT2D eigenvalue weighted by Crippen LogP contribution is -2.27. The van der Waals surface area contributed by atoms with E-state index in [1.807, 2.05) is 31.2 Å². The number of hydrogen-bond acceptors (Lipinski definition) is 2. The third kappa shape index (κ3) is 4.62. The standard InChI is InChI=1S/C19H24N2O/c1-4-21(18-10-6-8-16(3)14-18)12-11-19(22)20-17-9-5-7-15(2)13-17/h5-10,13-14H,4,11-12H2,1-3H3,(H,20,22). The third-order valence-electron chi connectivity index (χ3n) is 3.66. The molecule has 0 bridgehead atoms. The summed E-state index contributed by atoms with van der Waals surface area (Å²) in [5, 5.41) is 2.96. The summed E-state index contributed by atoms with van der Waals surface area (Å²) in [6, 6.07) is 16.3. The predicted octanol–water partition coefficient (Wildman–Crippen LogP) is 4.16. The lowest BCUT2D eigenvalue weighted by Gasteiger charge is -2.23. The lowest BCUT2D eigenvalue weighted by atomic mass is 10.2. The molecular formula is C19H24N2O. The zero-order valence-electron chi connectivity index (χ0n) is 13.6. The van der Waals surface area contributed by atoms with E-state index in [-0.39, 0.29) is 5.91 Å². The van der Waals surface area contributed by atoms with Gasteiger partial charge in [-0.2, -0.15) is 0 Å². The molecule has 3 nitrogen and oxygen atoms in total. The summed E-state index contributed by atoms with van der Waals surface area (Å²) >= 11 is 0. The van der Waals surface area contributed by atoms with E-state index < -0.39 is 0 Å². The van der Waals surface area contributed by atoms with Crippen molar-refractivity contribution in [1.29, 1.82) is 0 Å². The minimum absolute atomic E-state index is 0.0525. The Morgan fingerprint density at radius 1 is 1.05 bits per heavy atom. The first-order valence-electron chi connectivity index (χ1n) is 7.76. The van der Waals surface area contributed by atoms with Crippen molar-refractivity contribution in [1.82, 2.24) is 0 Å². The number of carbonyl (C=O) groups is 1. The van der Waals surface area contributed by atoms with Gasteiger partial charge in [-0.15, -0.1) is 0 Å². The monoisotopic (exact) mass is 296 g/mol. The van der Waals surface area contributed by atoms with E-state index in [2.05, 4.69) is 48.3 Å². The molecule has 2 rings (SSSR count). The van der Waals surface area contributed by atoms with Crippen LogP contribution in [0.5, 0.6) is 0 Å². The number of nitrogens with one attached hydrogen (secondary N) is 1. The zero-order valence-corrected chi connectivity index (χ0v) is 13.6. The Morgan fingerprint density at radius 2 is 1.73 bits per heavy atom. The molecule has 116 valence electrons. The molecule has 0 radical (unpaired) electrons. The van der Waals surface area contributed by atoms with Gasteiger partial charge in [0.1, 0.15) is 0 Å². The van der Waals surface area contributed by atoms with Crippen molar-refractivity contribution < 1.29 is 4.79 Å². The van der Waals surface area contributed by atoms with Gasteiger partial charge in [0.2, 0.25) is 5.91 Å². The molecule has 0 aromatic heterocycles. The summed E-state index contributed by atoms with van der Waals surface area (Å²) in [4.78, 5) is 14.3. The maximum absolute atomic E-state index is 12.1. The molecule has 0 aliphatic heterocycles. The average molecular weight is 296 g/mol. The number of nitrogens with zero attached hydrogens (tertiary/aromatic N) is 1. The molecule has 0 atom stereocenters. The van der Waals surface area contributed by atoms with Crippen LogP contribution in [0, 0.1) is 13.8 Å². The summed E-state index contributed by atoms with van der Waals surface area (Å²) in [7, 11) is 0. The first-order chi connectivity index (χ1) is 10.6. The van der Waals surface area contributed by atoms with Crippen molar-refractivity contribution in [2.45, 2.75) is 27.2 Å². The normalized spacial score (nSPS) is 10.3. The second-order valence-corrected chi connectivity index (χ2v) is 5.59. The van der Waals surface area contributed by atoms with Gasteiger partial charge in [0.05, 0.1) is 0 Å². The van der Waals surface area contributed by atoms with Crippen LogP contribution in [-0.2, 0) is 4.79 Å². The zero-order chi connectivity index (χ0) is 15.9. The van der Waals surface area contributed by atoms with Crippen LogP contribution in [0.25, 0.3) is 0 Å². The van der Waals surface area contributed by atoms with Crippen LogP contribution in [-0.4, -0.2) is 19.0 Å². The fraction of sp³-hybridized carbons (Fsp3) is 0.316. The van der Waals surface area contributed by atoms with Gasteiger partial charge < -0.3 is 10.2 Å². The smallest absolute Gasteiger partial charge is 0.226 e. The largest absolute Gasteiger partial charge is 0.371 e. The Bertz CT molecular complexity index is 637. The SMILES string of the molecule is CCN(CCC(=O)Nc1cccc(C)c1)c1cccc(C)c1. The molecule has 0 spiro atoms. The van der Waals surface area contributed by atoms with Gasteiger partial charge in [-0.05, 0) is 56.2 Å². The highest BCUT2D eigenvalue weighted by molar-refractivity contribution is 5.91. The van der Waals surface area contributed by atoms with Crippen molar-refractivity contribution >= 4 is 17.3 Å². The molecule has 0 heterocycles. The van der Waals surface area contributed by atoms with E-state index in [0.29, 0.717) is 6.42 Å². The highest BCUT2D eigenvalue weighted by atomic mass is 16.1. The second-order valence-electron chi connectivity index (χ2n) is 5.59. The summed E-state index contributed by atoms with van der Waals surface area (Å²) in [6.07, 6.45) is 0.482. The number of anilines is 2. The lowest BCUT2D eigenvalue weighted by molar-refractivity contribution is -0.116.